The second-order valence-electron chi connectivity index (χ2n) is 5.41. The molecule has 0 radical (unpaired) electrons. The molecule has 0 aliphatic rings. The van der Waals surface area contributed by atoms with E-state index in [0.29, 0.717) is 12.4 Å². The fraction of sp³-hybridized carbons (Fsp3) is 0.938. The van der Waals surface area contributed by atoms with Gasteiger partial charge in [0.2, 0.25) is 0 Å². The molecule has 4 heteroatoms. The van der Waals surface area contributed by atoms with Crippen molar-refractivity contribution in [3.05, 3.63) is 0 Å². The van der Waals surface area contributed by atoms with E-state index < -0.39 is 0 Å². The van der Waals surface area contributed by atoms with E-state index in [9.17, 15) is 4.79 Å². The van der Waals surface area contributed by atoms with Crippen LogP contribution in [-0.2, 0) is 0 Å². The molecule has 0 aromatic rings. The minimum absolute atomic E-state index is 0.0993. The Balaban J connectivity index is 3.04. The van der Waals surface area contributed by atoms with E-state index in [1.54, 1.807) is 0 Å². The summed E-state index contributed by atoms with van der Waals surface area (Å²) in [5.41, 5.74) is 0. The molecule has 0 aliphatic carbocycles. The van der Waals surface area contributed by atoms with Gasteiger partial charge in [-0.3, -0.25) is 0 Å². The lowest BCUT2D eigenvalue weighted by Gasteiger charge is -2.06. The third-order valence-electron chi connectivity index (χ3n) is 3.45. The van der Waals surface area contributed by atoms with Crippen LogP contribution in [0, 0.1) is 0 Å². The van der Waals surface area contributed by atoms with E-state index in [0.717, 1.165) is 13.0 Å². The summed E-state index contributed by atoms with van der Waals surface area (Å²) >= 11 is 5.48. The molecular weight excluding hydrogens is 272 g/mol. The van der Waals surface area contributed by atoms with Gasteiger partial charge in [0.15, 0.2) is 0 Å². The summed E-state index contributed by atoms with van der Waals surface area (Å²) in [7, 11) is 0. The highest BCUT2D eigenvalue weighted by molar-refractivity contribution is 6.18. The van der Waals surface area contributed by atoms with Gasteiger partial charge >= 0.3 is 6.03 Å². The Morgan fingerprint density at radius 1 is 0.750 bits per heavy atom. The SMILES string of the molecule is CCCCCCCCCCCCCNC(=O)NCCCl. The Hall–Kier alpha value is -0.440. The van der Waals surface area contributed by atoms with E-state index in [2.05, 4.69) is 17.6 Å². The predicted molar refractivity (Wildman–Crippen MR) is 88.6 cm³/mol. The van der Waals surface area contributed by atoms with Crippen LogP contribution in [0.1, 0.15) is 77.6 Å². The molecule has 0 rings (SSSR count). The maximum absolute atomic E-state index is 11.2. The third-order valence-corrected chi connectivity index (χ3v) is 3.63. The Kier molecular flexibility index (Phi) is 16.2. The first-order valence-corrected chi connectivity index (χ1v) is 8.92. The zero-order chi connectivity index (χ0) is 14.9. The summed E-state index contributed by atoms with van der Waals surface area (Å²) in [6.45, 7) is 3.56. The topological polar surface area (TPSA) is 41.1 Å². The molecule has 2 N–H and O–H groups in total. The van der Waals surface area contributed by atoms with Gasteiger partial charge in [0, 0.05) is 19.0 Å². The molecule has 0 saturated carbocycles. The van der Waals surface area contributed by atoms with Gasteiger partial charge in [-0.25, -0.2) is 4.79 Å². The lowest BCUT2D eigenvalue weighted by atomic mass is 10.1. The Morgan fingerprint density at radius 2 is 1.20 bits per heavy atom. The molecule has 0 spiro atoms. The van der Waals surface area contributed by atoms with Crippen molar-refractivity contribution in [3.63, 3.8) is 0 Å². The Labute approximate surface area is 130 Å². The van der Waals surface area contributed by atoms with Crippen molar-refractivity contribution < 1.29 is 4.79 Å². The highest BCUT2D eigenvalue weighted by Crippen LogP contribution is 2.10. The number of nitrogens with one attached hydrogen (secondary N) is 2. The Bertz CT molecular complexity index is 213. The molecule has 0 aliphatic heterocycles. The van der Waals surface area contributed by atoms with Crippen LogP contribution in [-0.4, -0.2) is 25.0 Å². The molecule has 0 atom stereocenters. The summed E-state index contributed by atoms with van der Waals surface area (Å²) < 4.78 is 0. The minimum Gasteiger partial charge on any atom is -0.338 e. The lowest BCUT2D eigenvalue weighted by Crippen LogP contribution is -2.36. The smallest absolute Gasteiger partial charge is 0.314 e. The molecule has 0 aromatic carbocycles. The van der Waals surface area contributed by atoms with Crippen molar-refractivity contribution in [2.45, 2.75) is 77.6 Å². The van der Waals surface area contributed by atoms with Crippen molar-refractivity contribution in [1.82, 2.24) is 10.6 Å². The van der Waals surface area contributed by atoms with Crippen LogP contribution >= 0.6 is 11.6 Å². The number of halogens is 1. The molecule has 0 unspecified atom stereocenters. The van der Waals surface area contributed by atoms with Crippen LogP contribution in [0.2, 0.25) is 0 Å². The third kappa shape index (κ3) is 15.6. The van der Waals surface area contributed by atoms with Crippen molar-refractivity contribution in [1.29, 1.82) is 0 Å². The molecule has 0 aromatic heterocycles. The number of rotatable bonds is 14. The number of amides is 2. The molecule has 2 amide bonds. The van der Waals surface area contributed by atoms with Gasteiger partial charge < -0.3 is 10.6 Å². The van der Waals surface area contributed by atoms with Crippen LogP contribution in [0.3, 0.4) is 0 Å². The first-order chi connectivity index (χ1) is 9.81. The van der Waals surface area contributed by atoms with E-state index in [-0.39, 0.29) is 6.03 Å². The van der Waals surface area contributed by atoms with Crippen LogP contribution in [0.15, 0.2) is 0 Å². The fourth-order valence-corrected chi connectivity index (χ4v) is 2.31. The van der Waals surface area contributed by atoms with E-state index >= 15 is 0 Å². The number of urea groups is 1. The van der Waals surface area contributed by atoms with Crippen molar-refractivity contribution in [2.24, 2.45) is 0 Å². The first kappa shape index (κ1) is 19.6. The average Bonchev–Trinajstić information content (AvgIpc) is 2.46. The second kappa shape index (κ2) is 16.6. The van der Waals surface area contributed by atoms with Crippen molar-refractivity contribution in [2.75, 3.05) is 19.0 Å². The lowest BCUT2D eigenvalue weighted by molar-refractivity contribution is 0.241. The maximum atomic E-state index is 11.2. The van der Waals surface area contributed by atoms with Gasteiger partial charge in [-0.2, -0.15) is 0 Å². The molecule has 0 heterocycles. The van der Waals surface area contributed by atoms with E-state index in [1.165, 1.54) is 64.2 Å². The van der Waals surface area contributed by atoms with Crippen LogP contribution in [0.5, 0.6) is 0 Å². The Morgan fingerprint density at radius 3 is 1.70 bits per heavy atom. The highest BCUT2D eigenvalue weighted by atomic mass is 35.5. The number of carbonyl (C=O) groups is 1. The monoisotopic (exact) mass is 304 g/mol. The molecule has 120 valence electrons. The van der Waals surface area contributed by atoms with Crippen molar-refractivity contribution >= 4 is 17.6 Å². The molecule has 0 bridgehead atoms. The standard InChI is InChI=1S/C16H33ClN2O/c1-2-3-4-5-6-7-8-9-10-11-12-14-18-16(20)19-15-13-17/h2-15H2,1H3,(H2,18,19,20). The number of unbranched alkanes of at least 4 members (excludes halogenated alkanes) is 10. The zero-order valence-corrected chi connectivity index (χ0v) is 13.9. The van der Waals surface area contributed by atoms with Gasteiger partial charge in [-0.1, -0.05) is 71.1 Å². The number of hydrogen-bond donors (Lipinski definition) is 2. The summed E-state index contributed by atoms with van der Waals surface area (Å²) in [5.74, 6) is 0.464. The highest BCUT2D eigenvalue weighted by Gasteiger charge is 1.97. The minimum atomic E-state index is -0.0993. The van der Waals surface area contributed by atoms with Crippen LogP contribution < -0.4 is 10.6 Å². The van der Waals surface area contributed by atoms with Gasteiger partial charge in [-0.15, -0.1) is 11.6 Å². The summed E-state index contributed by atoms with van der Waals surface area (Å²) in [6, 6.07) is -0.0993. The van der Waals surface area contributed by atoms with E-state index in [1.807, 2.05) is 0 Å². The largest absolute Gasteiger partial charge is 0.338 e. The average molecular weight is 305 g/mol. The number of carbonyl (C=O) groups excluding carboxylic acids is 1. The quantitative estimate of drug-likeness (QED) is 0.350. The maximum Gasteiger partial charge on any atom is 0.314 e. The van der Waals surface area contributed by atoms with Crippen molar-refractivity contribution in [3.8, 4) is 0 Å². The zero-order valence-electron chi connectivity index (χ0n) is 13.2. The summed E-state index contributed by atoms with van der Waals surface area (Å²) in [6.07, 6.45) is 14.6. The molecule has 3 nitrogen and oxygen atoms in total. The summed E-state index contributed by atoms with van der Waals surface area (Å²) in [5, 5.41) is 5.53. The molecule has 0 saturated heterocycles. The molecule has 20 heavy (non-hydrogen) atoms. The predicted octanol–water partition coefficient (Wildman–Crippen LogP) is 4.84. The van der Waals surface area contributed by atoms with Gasteiger partial charge in [-0.05, 0) is 6.42 Å². The van der Waals surface area contributed by atoms with E-state index in [4.69, 9.17) is 11.6 Å². The number of alkyl halides is 1. The van der Waals surface area contributed by atoms with Crippen LogP contribution in [0.25, 0.3) is 0 Å². The van der Waals surface area contributed by atoms with Gasteiger partial charge in [0.05, 0.1) is 0 Å². The van der Waals surface area contributed by atoms with Gasteiger partial charge in [0.25, 0.3) is 0 Å². The summed E-state index contributed by atoms with van der Waals surface area (Å²) in [4.78, 5) is 11.2. The molecular formula is C16H33ClN2O. The first-order valence-electron chi connectivity index (χ1n) is 8.39. The van der Waals surface area contributed by atoms with Gasteiger partial charge in [0.1, 0.15) is 0 Å². The molecule has 0 fully saturated rings. The van der Waals surface area contributed by atoms with Crippen LogP contribution in [0.4, 0.5) is 4.79 Å². The second-order valence-corrected chi connectivity index (χ2v) is 5.79. The normalized spacial score (nSPS) is 10.5. The number of hydrogen-bond acceptors (Lipinski definition) is 1. The fourth-order valence-electron chi connectivity index (χ4n) is 2.21.